The van der Waals surface area contributed by atoms with E-state index in [1.165, 1.54) is 12.8 Å². The van der Waals surface area contributed by atoms with Crippen molar-refractivity contribution in [1.82, 2.24) is 15.1 Å². The summed E-state index contributed by atoms with van der Waals surface area (Å²) in [6.45, 7) is 3.49. The Morgan fingerprint density at radius 1 is 1.30 bits per heavy atom. The van der Waals surface area contributed by atoms with Gasteiger partial charge in [0.15, 0.2) is 0 Å². The summed E-state index contributed by atoms with van der Waals surface area (Å²) in [5, 5.41) is 12.8. The second-order valence-corrected chi connectivity index (χ2v) is 6.57. The molecule has 2 rings (SSSR count). The molecule has 2 amide bonds. The van der Waals surface area contributed by atoms with E-state index in [2.05, 4.69) is 24.2 Å². The number of hydrogen-bond donors (Lipinski definition) is 2. The van der Waals surface area contributed by atoms with E-state index in [-0.39, 0.29) is 18.1 Å². The van der Waals surface area contributed by atoms with Crippen LogP contribution in [0.3, 0.4) is 0 Å². The SMILES string of the molecule is CC(CNC(=O)N(C)CC1CCCC1O)N(C)C1CC1. The molecule has 2 aliphatic rings. The Morgan fingerprint density at radius 2 is 2.00 bits per heavy atom. The number of carbonyl (C=O) groups excluding carboxylic acids is 1. The first-order chi connectivity index (χ1) is 9.49. The van der Waals surface area contributed by atoms with Gasteiger partial charge in [0.05, 0.1) is 6.10 Å². The van der Waals surface area contributed by atoms with Gasteiger partial charge in [-0.2, -0.15) is 0 Å². The molecule has 3 unspecified atom stereocenters. The molecule has 2 N–H and O–H groups in total. The van der Waals surface area contributed by atoms with Crippen LogP contribution in [-0.2, 0) is 0 Å². The number of nitrogens with one attached hydrogen (secondary N) is 1. The number of rotatable bonds is 6. The van der Waals surface area contributed by atoms with Crippen LogP contribution in [0.5, 0.6) is 0 Å². The fourth-order valence-corrected chi connectivity index (χ4v) is 3.02. The van der Waals surface area contributed by atoms with Crippen molar-refractivity contribution in [3.05, 3.63) is 0 Å². The molecule has 116 valence electrons. The van der Waals surface area contributed by atoms with Crippen molar-refractivity contribution >= 4 is 6.03 Å². The number of amides is 2. The summed E-state index contributed by atoms with van der Waals surface area (Å²) in [5.74, 6) is 0.248. The smallest absolute Gasteiger partial charge is 0.317 e. The van der Waals surface area contributed by atoms with Gasteiger partial charge in [-0.3, -0.25) is 4.90 Å². The Labute approximate surface area is 122 Å². The van der Waals surface area contributed by atoms with Crippen LogP contribution in [0.2, 0.25) is 0 Å². The average Bonchev–Trinajstić information content (AvgIpc) is 3.20. The fraction of sp³-hybridized carbons (Fsp3) is 0.933. The van der Waals surface area contributed by atoms with E-state index in [9.17, 15) is 9.90 Å². The molecule has 5 nitrogen and oxygen atoms in total. The van der Waals surface area contributed by atoms with E-state index in [4.69, 9.17) is 0 Å². The van der Waals surface area contributed by atoms with Gasteiger partial charge >= 0.3 is 6.03 Å². The molecule has 5 heteroatoms. The van der Waals surface area contributed by atoms with Crippen molar-refractivity contribution < 1.29 is 9.90 Å². The van der Waals surface area contributed by atoms with E-state index in [1.54, 1.807) is 4.90 Å². The third-order valence-corrected chi connectivity index (χ3v) is 4.84. The maximum atomic E-state index is 12.1. The lowest BCUT2D eigenvalue weighted by Crippen LogP contribution is -2.46. The zero-order chi connectivity index (χ0) is 14.7. The highest BCUT2D eigenvalue weighted by Crippen LogP contribution is 2.27. The van der Waals surface area contributed by atoms with Crippen LogP contribution in [0.4, 0.5) is 4.79 Å². The number of nitrogens with zero attached hydrogens (tertiary/aromatic N) is 2. The summed E-state index contributed by atoms with van der Waals surface area (Å²) in [6, 6.07) is 1.06. The molecule has 0 aromatic heterocycles. The molecule has 0 radical (unpaired) electrons. The summed E-state index contributed by atoms with van der Waals surface area (Å²) < 4.78 is 0. The van der Waals surface area contributed by atoms with Crippen LogP contribution in [0.25, 0.3) is 0 Å². The minimum absolute atomic E-state index is 0.0276. The lowest BCUT2D eigenvalue weighted by Gasteiger charge is -2.27. The van der Waals surface area contributed by atoms with Crippen molar-refractivity contribution in [2.75, 3.05) is 27.2 Å². The van der Waals surface area contributed by atoms with Crippen LogP contribution in [0.15, 0.2) is 0 Å². The molecule has 20 heavy (non-hydrogen) atoms. The van der Waals surface area contributed by atoms with Gasteiger partial charge in [0, 0.05) is 38.1 Å². The second kappa shape index (κ2) is 6.76. The normalized spacial score (nSPS) is 27.6. The first kappa shape index (κ1) is 15.6. The molecule has 0 heterocycles. The van der Waals surface area contributed by atoms with E-state index in [0.29, 0.717) is 25.2 Å². The standard InChI is InChI=1S/C15H29N3O2/c1-11(18(3)13-7-8-13)9-16-15(20)17(2)10-12-5-4-6-14(12)19/h11-14,19H,4-10H2,1-3H3,(H,16,20). The Balaban J connectivity index is 1.67. The minimum atomic E-state index is -0.231. The Morgan fingerprint density at radius 3 is 2.55 bits per heavy atom. The number of likely N-dealkylation sites (N-methyl/N-ethyl adjacent to an activating group) is 1. The van der Waals surface area contributed by atoms with Crippen LogP contribution in [0.1, 0.15) is 39.0 Å². The van der Waals surface area contributed by atoms with Crippen LogP contribution in [-0.4, -0.2) is 66.3 Å². The van der Waals surface area contributed by atoms with Crippen molar-refractivity contribution in [3.63, 3.8) is 0 Å². The predicted molar refractivity (Wildman–Crippen MR) is 79.6 cm³/mol. The van der Waals surface area contributed by atoms with Gasteiger partial charge in [-0.05, 0) is 39.7 Å². The second-order valence-electron chi connectivity index (χ2n) is 6.57. The minimum Gasteiger partial charge on any atom is -0.393 e. The zero-order valence-corrected chi connectivity index (χ0v) is 13.0. The monoisotopic (exact) mass is 283 g/mol. The zero-order valence-electron chi connectivity index (χ0n) is 13.0. The first-order valence-electron chi connectivity index (χ1n) is 7.88. The number of hydrogen-bond acceptors (Lipinski definition) is 3. The number of carbonyl (C=O) groups is 1. The predicted octanol–water partition coefficient (Wildman–Crippen LogP) is 1.27. The molecule has 2 aliphatic carbocycles. The molecule has 0 saturated heterocycles. The van der Waals surface area contributed by atoms with Gasteiger partial charge in [0.25, 0.3) is 0 Å². The summed E-state index contributed by atoms with van der Waals surface area (Å²) in [4.78, 5) is 16.1. The molecule has 0 spiro atoms. The molecule has 0 aliphatic heterocycles. The highest BCUT2D eigenvalue weighted by atomic mass is 16.3. The third-order valence-electron chi connectivity index (χ3n) is 4.84. The first-order valence-corrected chi connectivity index (χ1v) is 7.88. The summed E-state index contributed by atoms with van der Waals surface area (Å²) in [5.41, 5.74) is 0. The Kier molecular flexibility index (Phi) is 5.27. The summed E-state index contributed by atoms with van der Waals surface area (Å²) in [6.07, 6.45) is 5.32. The van der Waals surface area contributed by atoms with Crippen LogP contribution >= 0.6 is 0 Å². The van der Waals surface area contributed by atoms with E-state index < -0.39 is 0 Å². The van der Waals surface area contributed by atoms with Crippen LogP contribution in [0, 0.1) is 5.92 Å². The molecular weight excluding hydrogens is 254 g/mol. The van der Waals surface area contributed by atoms with Gasteiger partial charge in [0.1, 0.15) is 0 Å². The lowest BCUT2D eigenvalue weighted by molar-refractivity contribution is 0.113. The van der Waals surface area contributed by atoms with E-state index in [0.717, 1.165) is 19.3 Å². The number of urea groups is 1. The highest BCUT2D eigenvalue weighted by Gasteiger charge is 2.30. The van der Waals surface area contributed by atoms with Gasteiger partial charge in [-0.1, -0.05) is 6.42 Å². The third kappa shape index (κ3) is 4.09. The van der Waals surface area contributed by atoms with E-state index in [1.807, 2.05) is 7.05 Å². The maximum absolute atomic E-state index is 12.1. The molecule has 0 bridgehead atoms. The highest BCUT2D eigenvalue weighted by molar-refractivity contribution is 5.73. The van der Waals surface area contributed by atoms with Gasteiger partial charge in [-0.25, -0.2) is 4.79 Å². The number of aliphatic hydroxyl groups excluding tert-OH is 1. The average molecular weight is 283 g/mol. The number of aliphatic hydroxyl groups is 1. The largest absolute Gasteiger partial charge is 0.393 e. The van der Waals surface area contributed by atoms with Crippen molar-refractivity contribution in [1.29, 1.82) is 0 Å². The molecule has 0 aromatic rings. The van der Waals surface area contributed by atoms with Gasteiger partial charge < -0.3 is 15.3 Å². The van der Waals surface area contributed by atoms with Gasteiger partial charge in [-0.15, -0.1) is 0 Å². The molecule has 3 atom stereocenters. The quantitative estimate of drug-likeness (QED) is 0.772. The topological polar surface area (TPSA) is 55.8 Å². The van der Waals surface area contributed by atoms with Crippen LogP contribution < -0.4 is 5.32 Å². The molecule has 2 fully saturated rings. The molecular formula is C15H29N3O2. The fourth-order valence-electron chi connectivity index (χ4n) is 3.02. The Hall–Kier alpha value is -0.810. The Bertz CT molecular complexity index is 333. The van der Waals surface area contributed by atoms with Crippen molar-refractivity contribution in [2.24, 2.45) is 5.92 Å². The maximum Gasteiger partial charge on any atom is 0.317 e. The molecule has 0 aromatic carbocycles. The van der Waals surface area contributed by atoms with Crippen molar-refractivity contribution in [2.45, 2.75) is 57.2 Å². The summed E-state index contributed by atoms with van der Waals surface area (Å²) >= 11 is 0. The van der Waals surface area contributed by atoms with Gasteiger partial charge in [0.2, 0.25) is 0 Å². The lowest BCUT2D eigenvalue weighted by atomic mass is 10.1. The molecule has 2 saturated carbocycles. The van der Waals surface area contributed by atoms with Crippen molar-refractivity contribution in [3.8, 4) is 0 Å². The van der Waals surface area contributed by atoms with E-state index >= 15 is 0 Å². The summed E-state index contributed by atoms with van der Waals surface area (Å²) in [7, 11) is 3.95.